The van der Waals surface area contributed by atoms with E-state index in [1.165, 1.54) is 11.1 Å². The molecule has 0 amide bonds. The summed E-state index contributed by atoms with van der Waals surface area (Å²) >= 11 is 0. The summed E-state index contributed by atoms with van der Waals surface area (Å²) in [6.07, 6.45) is 2.16. The van der Waals surface area contributed by atoms with Gasteiger partial charge in [0.25, 0.3) is 0 Å². The van der Waals surface area contributed by atoms with Crippen LogP contribution in [-0.4, -0.2) is 0 Å². The predicted molar refractivity (Wildman–Crippen MR) is 55.8 cm³/mol. The molecule has 0 radical (unpaired) electrons. The van der Waals surface area contributed by atoms with Crippen LogP contribution in [0.5, 0.6) is 0 Å². The fourth-order valence-electron chi connectivity index (χ4n) is 1.25. The lowest BCUT2D eigenvalue weighted by molar-refractivity contribution is 1.01. The second kappa shape index (κ2) is 5.66. The van der Waals surface area contributed by atoms with Gasteiger partial charge in [0, 0.05) is 0 Å². The molecule has 1 fully saturated rings. The number of hydrogen-bond acceptors (Lipinski definition) is 0. The molecule has 0 N–H and O–H groups in total. The Bertz CT molecular complexity index is 206. The van der Waals surface area contributed by atoms with Crippen molar-refractivity contribution in [2.75, 3.05) is 0 Å². The minimum absolute atomic E-state index is 0.296. The monoisotopic (exact) mass is 162 g/mol. The number of hydrogen-bond donors (Lipinski definition) is 0. The van der Waals surface area contributed by atoms with E-state index in [0.29, 0.717) is 5.92 Å². The van der Waals surface area contributed by atoms with Crippen molar-refractivity contribution < 1.29 is 0 Å². The van der Waals surface area contributed by atoms with Crippen LogP contribution < -0.4 is 0 Å². The molecule has 0 nitrogen and oxygen atoms in total. The van der Waals surface area contributed by atoms with Gasteiger partial charge in [-0.25, -0.2) is 0 Å². The normalized spacial score (nSPS) is 16.2. The van der Waals surface area contributed by atoms with Gasteiger partial charge < -0.3 is 0 Å². The van der Waals surface area contributed by atoms with E-state index in [1.807, 2.05) is 20.8 Å². The van der Waals surface area contributed by atoms with Crippen LogP contribution >= 0.6 is 0 Å². The minimum Gasteiger partial charge on any atom is -0.106 e. The fourth-order valence-corrected chi connectivity index (χ4v) is 1.25. The van der Waals surface area contributed by atoms with Crippen LogP contribution in [0.2, 0.25) is 0 Å². The number of rotatable bonds is 0. The predicted octanol–water partition coefficient (Wildman–Crippen LogP) is 3.56. The lowest BCUT2D eigenvalue weighted by Crippen LogP contribution is -1.92. The molecule has 0 saturated heterocycles. The molecule has 0 heteroatoms. The first-order chi connectivity index (χ1) is 5.75. The molecule has 0 heterocycles. The molecule has 12 heavy (non-hydrogen) atoms. The van der Waals surface area contributed by atoms with E-state index >= 15 is 0 Å². The lowest BCUT2D eigenvalue weighted by Gasteiger charge is -2.01. The summed E-state index contributed by atoms with van der Waals surface area (Å²) in [5, 5.41) is 0. The van der Waals surface area contributed by atoms with Gasteiger partial charge in [0.2, 0.25) is 0 Å². The first-order valence-electron chi connectivity index (χ1n) is 4.53. The molecule has 1 aliphatic rings. The van der Waals surface area contributed by atoms with Crippen LogP contribution in [0.15, 0.2) is 24.3 Å². The van der Waals surface area contributed by atoms with Crippen LogP contribution in [0.4, 0.5) is 0 Å². The molecule has 1 saturated carbocycles. The Hall–Kier alpha value is -0.960. The van der Waals surface area contributed by atoms with Crippen LogP contribution in [0.25, 0.3) is 0 Å². The topological polar surface area (TPSA) is 0 Å². The second-order valence-corrected chi connectivity index (χ2v) is 2.64. The van der Waals surface area contributed by atoms with Gasteiger partial charge in [-0.05, 0) is 19.8 Å². The van der Waals surface area contributed by atoms with Crippen molar-refractivity contribution in [2.45, 2.75) is 33.6 Å². The van der Waals surface area contributed by atoms with E-state index < -0.39 is 0 Å². The van der Waals surface area contributed by atoms with Crippen molar-refractivity contribution >= 4 is 0 Å². The van der Waals surface area contributed by atoms with Gasteiger partial charge >= 0.3 is 0 Å². The van der Waals surface area contributed by atoms with E-state index in [4.69, 9.17) is 0 Å². The van der Waals surface area contributed by atoms with Crippen molar-refractivity contribution in [2.24, 2.45) is 5.92 Å². The van der Waals surface area contributed by atoms with Gasteiger partial charge in [0.15, 0.2) is 0 Å². The Balaban J connectivity index is 0.000000561. The number of allylic oxidation sites excluding steroid dienone is 2. The van der Waals surface area contributed by atoms with Crippen molar-refractivity contribution in [3.8, 4) is 11.8 Å². The molecular weight excluding hydrogens is 144 g/mol. The summed E-state index contributed by atoms with van der Waals surface area (Å²) in [5.74, 6) is 6.29. The maximum atomic E-state index is 3.94. The summed E-state index contributed by atoms with van der Waals surface area (Å²) in [6.45, 7) is 13.7. The minimum atomic E-state index is 0.296. The van der Waals surface area contributed by atoms with E-state index in [-0.39, 0.29) is 0 Å². The molecule has 0 unspecified atom stereocenters. The van der Waals surface area contributed by atoms with Gasteiger partial charge in [-0.2, -0.15) is 0 Å². The molecule has 1 rings (SSSR count). The highest BCUT2D eigenvalue weighted by molar-refractivity contribution is 5.33. The summed E-state index contributed by atoms with van der Waals surface area (Å²) in [6, 6.07) is 0. The molecule has 0 aromatic heterocycles. The van der Waals surface area contributed by atoms with E-state index in [9.17, 15) is 0 Å². The van der Waals surface area contributed by atoms with Gasteiger partial charge in [-0.3, -0.25) is 0 Å². The molecule has 0 atom stereocenters. The highest BCUT2D eigenvalue weighted by Crippen LogP contribution is 2.32. The highest BCUT2D eigenvalue weighted by atomic mass is 14.2. The van der Waals surface area contributed by atoms with Crippen molar-refractivity contribution in [1.29, 1.82) is 0 Å². The standard InChI is InChI=1S/C10H12.C2H6/c1-4-5-10-8(2)6-7-9(10)3;1-2/h10H,2-3,6-7H2,1H3;1-2H3. The maximum absolute atomic E-state index is 3.94. The van der Waals surface area contributed by atoms with E-state index in [0.717, 1.165) is 12.8 Å². The quantitative estimate of drug-likeness (QED) is 0.377. The van der Waals surface area contributed by atoms with Crippen LogP contribution in [-0.2, 0) is 0 Å². The Labute approximate surface area is 76.4 Å². The van der Waals surface area contributed by atoms with Gasteiger partial charge in [-0.1, -0.05) is 44.1 Å². The van der Waals surface area contributed by atoms with Crippen LogP contribution in [0.3, 0.4) is 0 Å². The Morgan fingerprint density at radius 3 is 1.92 bits per heavy atom. The lowest BCUT2D eigenvalue weighted by atomic mass is 10.0. The third-order valence-electron chi connectivity index (χ3n) is 1.87. The van der Waals surface area contributed by atoms with Crippen molar-refractivity contribution in [3.63, 3.8) is 0 Å². The Morgan fingerprint density at radius 1 is 1.17 bits per heavy atom. The summed E-state index contributed by atoms with van der Waals surface area (Å²) in [4.78, 5) is 0. The zero-order valence-electron chi connectivity index (χ0n) is 8.41. The molecule has 66 valence electrons. The molecule has 0 spiro atoms. The second-order valence-electron chi connectivity index (χ2n) is 2.64. The fraction of sp³-hybridized carbons (Fsp3) is 0.500. The maximum Gasteiger partial charge on any atom is 0.0616 e. The molecular formula is C12H18. The first kappa shape index (κ1) is 11.0. The zero-order valence-corrected chi connectivity index (χ0v) is 8.41. The van der Waals surface area contributed by atoms with E-state index in [2.05, 4.69) is 25.0 Å². The van der Waals surface area contributed by atoms with Crippen LogP contribution in [0, 0.1) is 17.8 Å². The average Bonchev–Trinajstić information content (AvgIpc) is 2.40. The molecule has 0 aliphatic heterocycles. The summed E-state index contributed by atoms with van der Waals surface area (Å²) in [7, 11) is 0. The van der Waals surface area contributed by atoms with Gasteiger partial charge in [0.1, 0.15) is 0 Å². The molecule has 0 aromatic rings. The van der Waals surface area contributed by atoms with E-state index in [1.54, 1.807) is 0 Å². The highest BCUT2D eigenvalue weighted by Gasteiger charge is 2.20. The molecule has 0 bridgehead atoms. The van der Waals surface area contributed by atoms with Crippen LogP contribution in [0.1, 0.15) is 33.6 Å². The SMILES string of the molecule is C=C1CCC(=C)C1C#CC.CC. The summed E-state index contributed by atoms with van der Waals surface area (Å²) < 4.78 is 0. The van der Waals surface area contributed by atoms with Gasteiger partial charge in [-0.15, -0.1) is 5.92 Å². The zero-order chi connectivity index (χ0) is 9.56. The molecule has 1 aliphatic carbocycles. The average molecular weight is 162 g/mol. The first-order valence-corrected chi connectivity index (χ1v) is 4.53. The smallest absolute Gasteiger partial charge is 0.0616 e. The third-order valence-corrected chi connectivity index (χ3v) is 1.87. The van der Waals surface area contributed by atoms with Crippen molar-refractivity contribution in [1.82, 2.24) is 0 Å². The largest absolute Gasteiger partial charge is 0.106 e. The van der Waals surface area contributed by atoms with Gasteiger partial charge in [0.05, 0.1) is 5.92 Å². The third kappa shape index (κ3) is 2.58. The van der Waals surface area contributed by atoms with Crippen molar-refractivity contribution in [3.05, 3.63) is 24.3 Å². The molecule has 0 aromatic carbocycles. The summed E-state index contributed by atoms with van der Waals surface area (Å²) in [5.41, 5.74) is 2.47. The Morgan fingerprint density at radius 2 is 1.58 bits per heavy atom. The Kier molecular flexibility index (Phi) is 5.21.